The van der Waals surface area contributed by atoms with E-state index in [0.717, 1.165) is 12.2 Å². The van der Waals surface area contributed by atoms with Gasteiger partial charge in [-0.3, -0.25) is 9.88 Å². The molecule has 0 spiro atoms. The fraction of sp³-hybridized carbons (Fsp3) is 0.438. The van der Waals surface area contributed by atoms with Crippen molar-refractivity contribution in [1.82, 2.24) is 9.88 Å². The van der Waals surface area contributed by atoms with Crippen LogP contribution >= 0.6 is 11.3 Å². The second-order valence-electron chi connectivity index (χ2n) is 5.17. The lowest BCUT2D eigenvalue weighted by Gasteiger charge is -2.18. The van der Waals surface area contributed by atoms with Crippen molar-refractivity contribution in [2.75, 3.05) is 13.1 Å². The van der Waals surface area contributed by atoms with Crippen LogP contribution in [0.1, 0.15) is 30.6 Å². The van der Waals surface area contributed by atoms with Crippen molar-refractivity contribution in [1.29, 1.82) is 0 Å². The number of hydrogen-bond donors (Lipinski definition) is 0. The van der Waals surface area contributed by atoms with E-state index < -0.39 is 0 Å². The first kappa shape index (κ1) is 12.8. The predicted octanol–water partition coefficient (Wildman–Crippen LogP) is 4.19. The van der Waals surface area contributed by atoms with Crippen LogP contribution in [0.3, 0.4) is 0 Å². The lowest BCUT2D eigenvalue weighted by atomic mass is 10.2. The van der Waals surface area contributed by atoms with E-state index in [1.165, 1.54) is 48.5 Å². The van der Waals surface area contributed by atoms with Crippen molar-refractivity contribution in [2.45, 2.75) is 32.2 Å². The molecule has 0 saturated carbocycles. The van der Waals surface area contributed by atoms with Crippen LogP contribution in [0, 0.1) is 0 Å². The summed E-state index contributed by atoms with van der Waals surface area (Å²) in [5.74, 6) is 0. The maximum atomic E-state index is 4.42. The second kappa shape index (κ2) is 6.31. The molecule has 2 aromatic rings. The van der Waals surface area contributed by atoms with E-state index in [2.05, 4.69) is 34.1 Å². The third-order valence-electron chi connectivity index (χ3n) is 3.66. The molecule has 1 aliphatic rings. The van der Waals surface area contributed by atoms with Gasteiger partial charge in [0.05, 0.1) is 10.6 Å². The molecule has 0 unspecified atom stereocenters. The average molecular weight is 272 g/mol. The van der Waals surface area contributed by atoms with Crippen LogP contribution < -0.4 is 0 Å². The lowest BCUT2D eigenvalue weighted by molar-refractivity contribution is 0.279. The summed E-state index contributed by atoms with van der Waals surface area (Å²) in [5.41, 5.74) is 1.09. The monoisotopic (exact) mass is 272 g/mol. The molecule has 1 saturated heterocycles. The van der Waals surface area contributed by atoms with Gasteiger partial charge in [0.2, 0.25) is 0 Å². The van der Waals surface area contributed by atoms with Gasteiger partial charge >= 0.3 is 0 Å². The Kier molecular flexibility index (Phi) is 4.26. The Labute approximate surface area is 119 Å². The minimum Gasteiger partial charge on any atom is -0.298 e. The van der Waals surface area contributed by atoms with Crippen LogP contribution in [0.4, 0.5) is 0 Å². The van der Waals surface area contributed by atoms with Crippen molar-refractivity contribution in [3.8, 4) is 10.6 Å². The topological polar surface area (TPSA) is 16.1 Å². The standard InChI is InChI=1S/C16H20N2S/c1-2-6-12-18(11-5-1)13-14-8-9-16(19-14)15-7-3-4-10-17-15/h3-4,7-10H,1-2,5-6,11-13H2. The first-order chi connectivity index (χ1) is 9.42. The van der Waals surface area contributed by atoms with Crippen LogP contribution in [0.25, 0.3) is 10.6 Å². The highest BCUT2D eigenvalue weighted by atomic mass is 32.1. The molecule has 1 fully saturated rings. The molecule has 1 aliphatic heterocycles. The summed E-state index contributed by atoms with van der Waals surface area (Å²) in [4.78, 5) is 9.76. The Morgan fingerprint density at radius 1 is 1.00 bits per heavy atom. The highest BCUT2D eigenvalue weighted by Crippen LogP contribution is 2.27. The van der Waals surface area contributed by atoms with Crippen LogP contribution in [0.15, 0.2) is 36.5 Å². The Morgan fingerprint density at radius 2 is 1.84 bits per heavy atom. The Morgan fingerprint density at radius 3 is 2.58 bits per heavy atom. The minimum absolute atomic E-state index is 1.09. The molecule has 3 heterocycles. The molecule has 0 atom stereocenters. The number of likely N-dealkylation sites (tertiary alicyclic amines) is 1. The van der Waals surface area contributed by atoms with Crippen molar-refractivity contribution in [3.63, 3.8) is 0 Å². The van der Waals surface area contributed by atoms with Gasteiger partial charge in [0.1, 0.15) is 0 Å². The smallest absolute Gasteiger partial charge is 0.0801 e. The third-order valence-corrected chi connectivity index (χ3v) is 4.75. The maximum Gasteiger partial charge on any atom is 0.0801 e. The van der Waals surface area contributed by atoms with Gasteiger partial charge in [-0.2, -0.15) is 0 Å². The van der Waals surface area contributed by atoms with Gasteiger partial charge in [0.15, 0.2) is 0 Å². The van der Waals surface area contributed by atoms with Crippen LogP contribution in [-0.4, -0.2) is 23.0 Å². The predicted molar refractivity (Wildman–Crippen MR) is 81.3 cm³/mol. The second-order valence-corrected chi connectivity index (χ2v) is 6.34. The molecule has 0 bridgehead atoms. The quantitative estimate of drug-likeness (QED) is 0.833. The third kappa shape index (κ3) is 3.43. The number of pyridine rings is 1. The summed E-state index contributed by atoms with van der Waals surface area (Å²) in [6.07, 6.45) is 7.39. The molecule has 3 rings (SSSR count). The summed E-state index contributed by atoms with van der Waals surface area (Å²) in [5, 5.41) is 0. The molecule has 2 nitrogen and oxygen atoms in total. The van der Waals surface area contributed by atoms with E-state index in [1.54, 1.807) is 0 Å². The fourth-order valence-corrected chi connectivity index (χ4v) is 3.65. The first-order valence-electron chi connectivity index (χ1n) is 7.14. The molecule has 19 heavy (non-hydrogen) atoms. The Hall–Kier alpha value is -1.19. The zero-order valence-corrected chi connectivity index (χ0v) is 12.0. The lowest BCUT2D eigenvalue weighted by Crippen LogP contribution is -2.23. The normalized spacial score (nSPS) is 17.3. The molecule has 0 N–H and O–H groups in total. The van der Waals surface area contributed by atoms with Crippen LogP contribution in [0.5, 0.6) is 0 Å². The van der Waals surface area contributed by atoms with E-state index in [0.29, 0.717) is 0 Å². The maximum absolute atomic E-state index is 4.42. The zero-order chi connectivity index (χ0) is 12.9. The van der Waals surface area contributed by atoms with Crippen molar-refractivity contribution < 1.29 is 0 Å². The summed E-state index contributed by atoms with van der Waals surface area (Å²) in [6, 6.07) is 10.6. The van der Waals surface area contributed by atoms with Gasteiger partial charge in [-0.1, -0.05) is 18.9 Å². The highest BCUT2D eigenvalue weighted by molar-refractivity contribution is 7.15. The largest absolute Gasteiger partial charge is 0.298 e. The molecule has 0 aromatic carbocycles. The van der Waals surface area contributed by atoms with Crippen LogP contribution in [0.2, 0.25) is 0 Å². The minimum atomic E-state index is 1.09. The molecule has 0 radical (unpaired) electrons. The first-order valence-corrected chi connectivity index (χ1v) is 7.96. The number of nitrogens with zero attached hydrogens (tertiary/aromatic N) is 2. The van der Waals surface area contributed by atoms with E-state index in [4.69, 9.17) is 0 Å². The van der Waals surface area contributed by atoms with Crippen molar-refractivity contribution >= 4 is 11.3 Å². The number of aromatic nitrogens is 1. The molecule has 3 heteroatoms. The van der Waals surface area contributed by atoms with Crippen LogP contribution in [-0.2, 0) is 6.54 Å². The van der Waals surface area contributed by atoms with E-state index in [1.807, 2.05) is 23.6 Å². The molecule has 0 amide bonds. The molecular weight excluding hydrogens is 252 g/mol. The Balaban J connectivity index is 1.68. The summed E-state index contributed by atoms with van der Waals surface area (Å²) in [6.45, 7) is 3.63. The average Bonchev–Trinajstić information content (AvgIpc) is 2.76. The van der Waals surface area contributed by atoms with E-state index in [-0.39, 0.29) is 0 Å². The molecular formula is C16H20N2S. The fourth-order valence-electron chi connectivity index (χ4n) is 2.62. The van der Waals surface area contributed by atoms with E-state index in [9.17, 15) is 0 Å². The number of hydrogen-bond acceptors (Lipinski definition) is 3. The summed E-state index contributed by atoms with van der Waals surface area (Å²) in [7, 11) is 0. The van der Waals surface area contributed by atoms with Gasteiger partial charge in [-0.15, -0.1) is 11.3 Å². The van der Waals surface area contributed by atoms with Gasteiger partial charge in [0.25, 0.3) is 0 Å². The molecule has 2 aromatic heterocycles. The zero-order valence-electron chi connectivity index (χ0n) is 11.2. The molecule has 100 valence electrons. The van der Waals surface area contributed by atoms with Gasteiger partial charge < -0.3 is 0 Å². The number of thiophene rings is 1. The highest BCUT2D eigenvalue weighted by Gasteiger charge is 2.11. The summed E-state index contributed by atoms with van der Waals surface area (Å²) < 4.78 is 0. The van der Waals surface area contributed by atoms with Crippen molar-refractivity contribution in [2.24, 2.45) is 0 Å². The van der Waals surface area contributed by atoms with Crippen molar-refractivity contribution in [3.05, 3.63) is 41.4 Å². The van der Waals surface area contributed by atoms with E-state index >= 15 is 0 Å². The van der Waals surface area contributed by atoms with Gasteiger partial charge in [-0.25, -0.2) is 0 Å². The molecule has 0 aliphatic carbocycles. The van der Waals surface area contributed by atoms with Gasteiger partial charge in [-0.05, 0) is 50.2 Å². The summed E-state index contributed by atoms with van der Waals surface area (Å²) >= 11 is 1.88. The SMILES string of the molecule is c1ccc(-c2ccc(CN3CCCCCC3)s2)nc1. The number of rotatable bonds is 3. The Bertz CT molecular complexity index is 498. The van der Waals surface area contributed by atoms with Gasteiger partial charge in [0, 0.05) is 17.6 Å².